The molecule has 12 heavy (non-hydrogen) atoms. The number of nitrogens with two attached hydrogens (primary N) is 1. The lowest BCUT2D eigenvalue weighted by molar-refractivity contribution is -0.0391. The second-order valence-electron chi connectivity index (χ2n) is 3.37. The van der Waals surface area contributed by atoms with Crippen molar-refractivity contribution in [3.05, 3.63) is 0 Å². The predicted octanol–water partition coefficient (Wildman–Crippen LogP) is 0.444. The van der Waals surface area contributed by atoms with Gasteiger partial charge in [-0.1, -0.05) is 13.8 Å². The number of hydrogen-bond acceptors (Lipinski definition) is 3. The van der Waals surface area contributed by atoms with Gasteiger partial charge < -0.3 is 10.5 Å². The molecule has 1 fully saturated rings. The van der Waals surface area contributed by atoms with E-state index in [0.717, 1.165) is 32.7 Å². The highest BCUT2D eigenvalue weighted by Gasteiger charge is 2.23. The molecule has 1 saturated heterocycles. The second kappa shape index (κ2) is 4.80. The van der Waals surface area contributed by atoms with Crippen molar-refractivity contribution in [2.24, 2.45) is 5.73 Å². The van der Waals surface area contributed by atoms with Gasteiger partial charge in [0, 0.05) is 19.1 Å². The van der Waals surface area contributed by atoms with Crippen LogP contribution in [0.5, 0.6) is 0 Å². The Balaban J connectivity index is 2.34. The molecule has 0 bridgehead atoms. The van der Waals surface area contributed by atoms with Crippen LogP contribution in [0, 0.1) is 0 Å². The maximum atomic E-state index is 5.91. The molecule has 72 valence electrons. The quantitative estimate of drug-likeness (QED) is 0.671. The van der Waals surface area contributed by atoms with Crippen molar-refractivity contribution >= 4 is 0 Å². The normalized spacial score (nSPS) is 28.8. The Kier molecular flexibility index (Phi) is 3.98. The molecule has 2 unspecified atom stereocenters. The number of rotatable bonds is 3. The van der Waals surface area contributed by atoms with E-state index < -0.39 is 0 Å². The van der Waals surface area contributed by atoms with Gasteiger partial charge in [0.05, 0.1) is 12.7 Å². The highest BCUT2D eigenvalue weighted by Crippen LogP contribution is 2.08. The van der Waals surface area contributed by atoms with Gasteiger partial charge in [-0.2, -0.15) is 0 Å². The van der Waals surface area contributed by atoms with E-state index in [9.17, 15) is 0 Å². The molecular formula is C9H20N2O. The summed E-state index contributed by atoms with van der Waals surface area (Å²) < 4.78 is 5.60. The molecule has 3 nitrogen and oxygen atoms in total. The summed E-state index contributed by atoms with van der Waals surface area (Å²) in [6.07, 6.45) is 1.26. The van der Waals surface area contributed by atoms with Gasteiger partial charge in [0.2, 0.25) is 0 Å². The lowest BCUT2D eigenvalue weighted by Crippen LogP contribution is -2.50. The SMILES string of the molecule is CCC(N)C1CN(CC)CCO1. The molecule has 0 aliphatic carbocycles. The molecule has 1 rings (SSSR count). The standard InChI is InChI=1S/C9H20N2O/c1-3-8(10)9-7-11(4-2)5-6-12-9/h8-9H,3-7,10H2,1-2H3. The largest absolute Gasteiger partial charge is 0.374 e. The van der Waals surface area contributed by atoms with Gasteiger partial charge in [0.1, 0.15) is 0 Å². The highest BCUT2D eigenvalue weighted by atomic mass is 16.5. The fourth-order valence-electron chi connectivity index (χ4n) is 1.54. The number of morpholine rings is 1. The fourth-order valence-corrected chi connectivity index (χ4v) is 1.54. The first kappa shape index (κ1) is 9.96. The van der Waals surface area contributed by atoms with E-state index in [-0.39, 0.29) is 12.1 Å². The molecule has 2 N–H and O–H groups in total. The van der Waals surface area contributed by atoms with E-state index in [1.54, 1.807) is 0 Å². The summed E-state index contributed by atoms with van der Waals surface area (Å²) >= 11 is 0. The summed E-state index contributed by atoms with van der Waals surface area (Å²) in [5.41, 5.74) is 5.91. The molecular weight excluding hydrogens is 152 g/mol. The summed E-state index contributed by atoms with van der Waals surface area (Å²) in [5.74, 6) is 0. The molecule has 0 spiro atoms. The molecule has 1 heterocycles. The molecule has 0 aromatic rings. The topological polar surface area (TPSA) is 38.5 Å². The number of nitrogens with zero attached hydrogens (tertiary/aromatic N) is 1. The van der Waals surface area contributed by atoms with Crippen LogP contribution < -0.4 is 5.73 Å². The zero-order chi connectivity index (χ0) is 8.97. The third-order valence-corrected chi connectivity index (χ3v) is 2.57. The van der Waals surface area contributed by atoms with Crippen molar-refractivity contribution in [3.63, 3.8) is 0 Å². The summed E-state index contributed by atoms with van der Waals surface area (Å²) in [5, 5.41) is 0. The second-order valence-corrected chi connectivity index (χ2v) is 3.37. The van der Waals surface area contributed by atoms with Gasteiger partial charge in [-0.15, -0.1) is 0 Å². The molecule has 3 heteroatoms. The first-order valence-electron chi connectivity index (χ1n) is 4.87. The molecule has 1 aliphatic heterocycles. The van der Waals surface area contributed by atoms with Gasteiger partial charge in [0.15, 0.2) is 0 Å². The summed E-state index contributed by atoms with van der Waals surface area (Å²) in [7, 11) is 0. The minimum atomic E-state index is 0.208. The minimum Gasteiger partial charge on any atom is -0.374 e. The zero-order valence-electron chi connectivity index (χ0n) is 8.12. The van der Waals surface area contributed by atoms with Crippen LogP contribution in [-0.2, 0) is 4.74 Å². The van der Waals surface area contributed by atoms with E-state index in [1.165, 1.54) is 0 Å². The van der Waals surface area contributed by atoms with Crippen LogP contribution in [0.2, 0.25) is 0 Å². The summed E-state index contributed by atoms with van der Waals surface area (Å²) in [6.45, 7) is 8.30. The molecule has 0 aromatic heterocycles. The Morgan fingerprint density at radius 3 is 2.92 bits per heavy atom. The molecule has 1 aliphatic rings. The van der Waals surface area contributed by atoms with Crippen LogP contribution in [-0.4, -0.2) is 43.3 Å². The van der Waals surface area contributed by atoms with Crippen molar-refractivity contribution in [1.29, 1.82) is 0 Å². The van der Waals surface area contributed by atoms with Crippen molar-refractivity contribution < 1.29 is 4.74 Å². The summed E-state index contributed by atoms with van der Waals surface area (Å²) in [6, 6.07) is 0.208. The lowest BCUT2D eigenvalue weighted by atomic mass is 10.1. The summed E-state index contributed by atoms with van der Waals surface area (Å²) in [4.78, 5) is 2.39. The smallest absolute Gasteiger partial charge is 0.0853 e. The number of ether oxygens (including phenoxy) is 1. The third kappa shape index (κ3) is 2.44. The molecule has 0 amide bonds. The highest BCUT2D eigenvalue weighted by molar-refractivity contribution is 4.78. The fraction of sp³-hybridized carbons (Fsp3) is 1.00. The van der Waals surface area contributed by atoms with Gasteiger partial charge in [-0.05, 0) is 13.0 Å². The van der Waals surface area contributed by atoms with Crippen molar-refractivity contribution in [2.45, 2.75) is 32.4 Å². The first-order valence-corrected chi connectivity index (χ1v) is 4.87. The maximum Gasteiger partial charge on any atom is 0.0853 e. The molecule has 0 saturated carbocycles. The predicted molar refractivity (Wildman–Crippen MR) is 50.1 cm³/mol. The van der Waals surface area contributed by atoms with Crippen LogP contribution >= 0.6 is 0 Å². The van der Waals surface area contributed by atoms with Crippen LogP contribution in [0.25, 0.3) is 0 Å². The Morgan fingerprint density at radius 1 is 1.58 bits per heavy atom. The average molecular weight is 172 g/mol. The van der Waals surface area contributed by atoms with Gasteiger partial charge in [0.25, 0.3) is 0 Å². The average Bonchev–Trinajstić information content (AvgIpc) is 2.17. The minimum absolute atomic E-state index is 0.208. The monoisotopic (exact) mass is 172 g/mol. The zero-order valence-corrected chi connectivity index (χ0v) is 8.12. The lowest BCUT2D eigenvalue weighted by Gasteiger charge is -2.34. The van der Waals surface area contributed by atoms with E-state index >= 15 is 0 Å². The van der Waals surface area contributed by atoms with Crippen LogP contribution in [0.1, 0.15) is 20.3 Å². The van der Waals surface area contributed by atoms with Crippen LogP contribution in [0.4, 0.5) is 0 Å². The Bertz CT molecular complexity index is 128. The van der Waals surface area contributed by atoms with Crippen LogP contribution in [0.15, 0.2) is 0 Å². The van der Waals surface area contributed by atoms with E-state index in [0.29, 0.717) is 0 Å². The van der Waals surface area contributed by atoms with E-state index in [2.05, 4.69) is 18.7 Å². The molecule has 2 atom stereocenters. The van der Waals surface area contributed by atoms with Gasteiger partial charge in [-0.25, -0.2) is 0 Å². The number of likely N-dealkylation sites (N-methyl/N-ethyl adjacent to an activating group) is 1. The number of hydrogen-bond donors (Lipinski definition) is 1. The third-order valence-electron chi connectivity index (χ3n) is 2.57. The Hall–Kier alpha value is -0.120. The van der Waals surface area contributed by atoms with Crippen molar-refractivity contribution in [1.82, 2.24) is 4.90 Å². The molecule has 0 radical (unpaired) electrons. The Morgan fingerprint density at radius 2 is 2.33 bits per heavy atom. The maximum absolute atomic E-state index is 5.91. The van der Waals surface area contributed by atoms with Gasteiger partial charge in [-0.3, -0.25) is 4.90 Å². The first-order chi connectivity index (χ1) is 5.77. The van der Waals surface area contributed by atoms with Crippen molar-refractivity contribution in [3.8, 4) is 0 Å². The van der Waals surface area contributed by atoms with Crippen LogP contribution in [0.3, 0.4) is 0 Å². The molecule has 0 aromatic carbocycles. The Labute approximate surface area is 74.9 Å². The van der Waals surface area contributed by atoms with E-state index in [4.69, 9.17) is 10.5 Å². The van der Waals surface area contributed by atoms with E-state index in [1.807, 2.05) is 0 Å². The van der Waals surface area contributed by atoms with Gasteiger partial charge >= 0.3 is 0 Å². The van der Waals surface area contributed by atoms with Crippen molar-refractivity contribution in [2.75, 3.05) is 26.2 Å².